The maximum atomic E-state index is 11.6. The first-order chi connectivity index (χ1) is 8.34. The van der Waals surface area contributed by atoms with Gasteiger partial charge in [-0.15, -0.1) is 0 Å². The van der Waals surface area contributed by atoms with E-state index in [9.17, 15) is 4.79 Å². The Labute approximate surface area is 105 Å². The van der Waals surface area contributed by atoms with E-state index in [0.717, 1.165) is 11.3 Å². The van der Waals surface area contributed by atoms with Gasteiger partial charge in [0.25, 0.3) is 5.24 Å². The minimum Gasteiger partial charge on any atom is -0.317 e. The van der Waals surface area contributed by atoms with E-state index in [1.807, 2.05) is 60.7 Å². The second-order valence-corrected chi connectivity index (χ2v) is 4.50. The number of benzene rings is 2. The lowest BCUT2D eigenvalue weighted by Gasteiger charge is -2.04. The third kappa shape index (κ3) is 3.96. The normalized spacial score (nSPS) is 9.88. The Kier molecular flexibility index (Phi) is 4.22. The van der Waals surface area contributed by atoms with Gasteiger partial charge in [0.15, 0.2) is 0 Å². The average molecular weight is 243 g/mol. The number of rotatable bonds is 3. The maximum absolute atomic E-state index is 11.6. The predicted molar refractivity (Wildman–Crippen MR) is 73.2 cm³/mol. The minimum absolute atomic E-state index is 0.0277. The Bertz CT molecular complexity index is 470. The van der Waals surface area contributed by atoms with Crippen LogP contribution in [-0.2, 0) is 5.75 Å². The van der Waals surface area contributed by atoms with Crippen LogP contribution in [-0.4, -0.2) is 5.24 Å². The smallest absolute Gasteiger partial charge is 0.283 e. The van der Waals surface area contributed by atoms with Crippen molar-refractivity contribution < 1.29 is 4.79 Å². The zero-order valence-electron chi connectivity index (χ0n) is 9.30. The first-order valence-corrected chi connectivity index (χ1v) is 6.36. The van der Waals surface area contributed by atoms with E-state index in [4.69, 9.17) is 0 Å². The summed E-state index contributed by atoms with van der Waals surface area (Å²) >= 11 is 1.27. The number of carbonyl (C=O) groups is 1. The summed E-state index contributed by atoms with van der Waals surface area (Å²) in [7, 11) is 0. The van der Waals surface area contributed by atoms with Crippen LogP contribution in [0.5, 0.6) is 0 Å². The summed E-state index contributed by atoms with van der Waals surface area (Å²) in [5.41, 5.74) is 1.98. The molecule has 0 radical (unpaired) electrons. The molecule has 0 heterocycles. The molecule has 3 heteroatoms. The lowest BCUT2D eigenvalue weighted by Crippen LogP contribution is -2.04. The number of nitrogens with one attached hydrogen (secondary N) is 1. The molecule has 0 atom stereocenters. The van der Waals surface area contributed by atoms with Gasteiger partial charge in [0.2, 0.25) is 0 Å². The van der Waals surface area contributed by atoms with Crippen molar-refractivity contribution in [2.24, 2.45) is 0 Å². The van der Waals surface area contributed by atoms with Crippen LogP contribution in [0.2, 0.25) is 0 Å². The molecule has 0 aliphatic heterocycles. The molecule has 0 spiro atoms. The van der Waals surface area contributed by atoms with Crippen molar-refractivity contribution in [3.63, 3.8) is 0 Å². The first kappa shape index (κ1) is 11.7. The highest BCUT2D eigenvalue weighted by molar-refractivity contribution is 8.13. The third-order valence-electron chi connectivity index (χ3n) is 2.23. The number of anilines is 1. The van der Waals surface area contributed by atoms with Crippen molar-refractivity contribution in [3.8, 4) is 0 Å². The summed E-state index contributed by atoms with van der Waals surface area (Å²) in [5.74, 6) is 0.694. The van der Waals surface area contributed by atoms with Crippen molar-refractivity contribution in [1.82, 2.24) is 0 Å². The van der Waals surface area contributed by atoms with Gasteiger partial charge < -0.3 is 5.32 Å². The molecule has 2 nitrogen and oxygen atoms in total. The SMILES string of the molecule is O=C(Nc1ccccc1)SCc1ccccc1. The number of carbonyl (C=O) groups excluding carboxylic acids is 1. The summed E-state index contributed by atoms with van der Waals surface area (Å²) in [5, 5.41) is 2.81. The summed E-state index contributed by atoms with van der Waals surface area (Å²) in [6, 6.07) is 19.4. The van der Waals surface area contributed by atoms with E-state index in [1.54, 1.807) is 0 Å². The number of para-hydroxylation sites is 1. The van der Waals surface area contributed by atoms with E-state index >= 15 is 0 Å². The van der Waals surface area contributed by atoms with Crippen molar-refractivity contribution in [3.05, 3.63) is 66.2 Å². The van der Waals surface area contributed by atoms with Crippen LogP contribution >= 0.6 is 11.8 Å². The van der Waals surface area contributed by atoms with Crippen LogP contribution in [0, 0.1) is 0 Å². The largest absolute Gasteiger partial charge is 0.317 e. The average Bonchev–Trinajstić information content (AvgIpc) is 2.39. The van der Waals surface area contributed by atoms with Crippen LogP contribution in [0.4, 0.5) is 10.5 Å². The number of thioether (sulfide) groups is 1. The highest BCUT2D eigenvalue weighted by atomic mass is 32.2. The first-order valence-electron chi connectivity index (χ1n) is 5.37. The van der Waals surface area contributed by atoms with Crippen molar-refractivity contribution in [1.29, 1.82) is 0 Å². The molecule has 0 aliphatic rings. The topological polar surface area (TPSA) is 29.1 Å². The molecule has 2 rings (SSSR count). The van der Waals surface area contributed by atoms with Crippen LogP contribution in [0.1, 0.15) is 5.56 Å². The Morgan fingerprint density at radius 3 is 2.18 bits per heavy atom. The molecule has 0 bridgehead atoms. The molecule has 0 saturated carbocycles. The summed E-state index contributed by atoms with van der Waals surface area (Å²) in [6.07, 6.45) is 0. The molecule has 0 fully saturated rings. The molecule has 1 amide bonds. The van der Waals surface area contributed by atoms with Gasteiger partial charge in [0, 0.05) is 11.4 Å². The van der Waals surface area contributed by atoms with Crippen LogP contribution in [0.3, 0.4) is 0 Å². The van der Waals surface area contributed by atoms with Crippen LogP contribution in [0.15, 0.2) is 60.7 Å². The summed E-state index contributed by atoms with van der Waals surface area (Å²) < 4.78 is 0. The fourth-order valence-electron chi connectivity index (χ4n) is 1.40. The maximum Gasteiger partial charge on any atom is 0.283 e. The minimum atomic E-state index is -0.0277. The highest BCUT2D eigenvalue weighted by Gasteiger charge is 2.02. The number of amides is 1. The zero-order valence-corrected chi connectivity index (χ0v) is 10.1. The van der Waals surface area contributed by atoms with Gasteiger partial charge in [-0.05, 0) is 17.7 Å². The molecule has 17 heavy (non-hydrogen) atoms. The van der Waals surface area contributed by atoms with Crippen molar-refractivity contribution >= 4 is 22.7 Å². The molecule has 2 aromatic rings. The molecule has 1 N–H and O–H groups in total. The van der Waals surface area contributed by atoms with E-state index in [1.165, 1.54) is 11.8 Å². The van der Waals surface area contributed by atoms with Crippen LogP contribution in [0.25, 0.3) is 0 Å². The molecule has 2 aromatic carbocycles. The van der Waals surface area contributed by atoms with Crippen molar-refractivity contribution in [2.45, 2.75) is 5.75 Å². The second kappa shape index (κ2) is 6.11. The lowest BCUT2D eigenvalue weighted by atomic mass is 10.2. The Morgan fingerprint density at radius 2 is 1.53 bits per heavy atom. The molecular formula is C14H13NOS. The van der Waals surface area contributed by atoms with E-state index in [0.29, 0.717) is 5.75 Å². The predicted octanol–water partition coefficient (Wildman–Crippen LogP) is 4.15. The van der Waals surface area contributed by atoms with Crippen LogP contribution < -0.4 is 5.32 Å². The Morgan fingerprint density at radius 1 is 0.941 bits per heavy atom. The fraction of sp³-hybridized carbons (Fsp3) is 0.0714. The summed E-state index contributed by atoms with van der Waals surface area (Å²) in [4.78, 5) is 11.6. The van der Waals surface area contributed by atoms with Gasteiger partial charge in [-0.3, -0.25) is 4.79 Å². The quantitative estimate of drug-likeness (QED) is 0.877. The molecule has 0 aromatic heterocycles. The highest BCUT2D eigenvalue weighted by Crippen LogP contribution is 2.15. The van der Waals surface area contributed by atoms with Crippen molar-refractivity contribution in [2.75, 3.05) is 5.32 Å². The van der Waals surface area contributed by atoms with E-state index < -0.39 is 0 Å². The van der Waals surface area contributed by atoms with Gasteiger partial charge in [0.05, 0.1) is 0 Å². The molecule has 0 aliphatic carbocycles. The summed E-state index contributed by atoms with van der Waals surface area (Å²) in [6.45, 7) is 0. The number of hydrogen-bond donors (Lipinski definition) is 1. The lowest BCUT2D eigenvalue weighted by molar-refractivity contribution is 0.269. The standard InChI is InChI=1S/C14H13NOS/c16-14(15-13-9-5-2-6-10-13)17-11-12-7-3-1-4-8-12/h1-10H,11H2,(H,15,16). The Balaban J connectivity index is 1.83. The van der Waals surface area contributed by atoms with Gasteiger partial charge >= 0.3 is 0 Å². The van der Waals surface area contributed by atoms with Gasteiger partial charge in [0.1, 0.15) is 0 Å². The molecular weight excluding hydrogens is 230 g/mol. The zero-order chi connectivity index (χ0) is 11.9. The molecule has 86 valence electrons. The van der Waals surface area contributed by atoms with E-state index in [-0.39, 0.29) is 5.24 Å². The third-order valence-corrected chi connectivity index (χ3v) is 3.07. The molecule has 0 unspecified atom stereocenters. The Hall–Kier alpha value is -1.74. The molecule has 0 saturated heterocycles. The second-order valence-electron chi connectivity index (χ2n) is 3.55. The van der Waals surface area contributed by atoms with Gasteiger partial charge in [-0.1, -0.05) is 60.3 Å². The number of hydrogen-bond acceptors (Lipinski definition) is 2. The van der Waals surface area contributed by atoms with Gasteiger partial charge in [-0.2, -0.15) is 0 Å². The van der Waals surface area contributed by atoms with E-state index in [2.05, 4.69) is 5.32 Å². The van der Waals surface area contributed by atoms with Gasteiger partial charge in [-0.25, -0.2) is 0 Å². The fourth-order valence-corrected chi connectivity index (χ4v) is 2.08. The monoisotopic (exact) mass is 243 g/mol.